The summed E-state index contributed by atoms with van der Waals surface area (Å²) in [5.41, 5.74) is 7.67. The van der Waals surface area contributed by atoms with Crippen molar-refractivity contribution in [2.45, 2.75) is 13.0 Å². The number of aromatic nitrogens is 2. The minimum atomic E-state index is -0.0153. The van der Waals surface area contributed by atoms with Crippen LogP contribution in [0, 0.1) is 6.92 Å². The van der Waals surface area contributed by atoms with Gasteiger partial charge in [0.2, 0.25) is 0 Å². The second kappa shape index (κ2) is 5.08. The summed E-state index contributed by atoms with van der Waals surface area (Å²) in [7, 11) is 0. The molecule has 0 aliphatic heterocycles. The highest BCUT2D eigenvalue weighted by Gasteiger charge is 2.14. The van der Waals surface area contributed by atoms with E-state index in [1.165, 1.54) is 0 Å². The van der Waals surface area contributed by atoms with Crippen molar-refractivity contribution >= 4 is 23.2 Å². The number of halogens is 2. The predicted molar refractivity (Wildman–Crippen MR) is 70.6 cm³/mol. The summed E-state index contributed by atoms with van der Waals surface area (Å²) in [5, 5.41) is 5.71. The van der Waals surface area contributed by atoms with E-state index in [-0.39, 0.29) is 6.04 Å². The van der Waals surface area contributed by atoms with E-state index in [1.807, 2.05) is 31.2 Å². The van der Waals surface area contributed by atoms with E-state index >= 15 is 0 Å². The summed E-state index contributed by atoms with van der Waals surface area (Å²) < 4.78 is 1.79. The zero-order valence-electron chi connectivity index (χ0n) is 9.40. The first-order chi connectivity index (χ1) is 8.11. The summed E-state index contributed by atoms with van der Waals surface area (Å²) in [6.45, 7) is 2.33. The Morgan fingerprint density at radius 2 is 1.94 bits per heavy atom. The second-order valence-corrected chi connectivity index (χ2v) is 4.69. The van der Waals surface area contributed by atoms with Gasteiger partial charge >= 0.3 is 0 Å². The monoisotopic (exact) mass is 269 g/mol. The summed E-state index contributed by atoms with van der Waals surface area (Å²) in [6.07, 6.45) is 1.79. The van der Waals surface area contributed by atoms with Crippen molar-refractivity contribution in [2.24, 2.45) is 5.73 Å². The Morgan fingerprint density at radius 1 is 1.29 bits per heavy atom. The third kappa shape index (κ3) is 2.63. The lowest BCUT2D eigenvalue weighted by Gasteiger charge is -2.15. The highest BCUT2D eigenvalue weighted by Crippen LogP contribution is 2.22. The highest BCUT2D eigenvalue weighted by molar-refractivity contribution is 6.31. The number of hydrogen-bond acceptors (Lipinski definition) is 2. The largest absolute Gasteiger partial charge is 0.328 e. The Bertz CT molecular complexity index is 485. The maximum Gasteiger partial charge on any atom is 0.0891 e. The Morgan fingerprint density at radius 3 is 2.41 bits per heavy atom. The number of aryl methyl sites for hydroxylation is 1. The van der Waals surface area contributed by atoms with Crippen LogP contribution in [0.2, 0.25) is 10.0 Å². The van der Waals surface area contributed by atoms with Crippen LogP contribution in [0.5, 0.6) is 0 Å². The molecule has 1 heterocycles. The van der Waals surface area contributed by atoms with Gasteiger partial charge in [-0.15, -0.1) is 0 Å². The van der Waals surface area contributed by atoms with Crippen LogP contribution < -0.4 is 5.73 Å². The molecule has 0 saturated carbocycles. The van der Waals surface area contributed by atoms with Gasteiger partial charge in [-0.2, -0.15) is 5.10 Å². The fourth-order valence-electron chi connectivity index (χ4n) is 1.70. The molecule has 0 amide bonds. The molecule has 0 fully saturated rings. The van der Waals surface area contributed by atoms with Gasteiger partial charge in [0.05, 0.1) is 16.8 Å². The number of hydrogen-bond donors (Lipinski definition) is 1. The Hall–Kier alpha value is -1.03. The summed E-state index contributed by atoms with van der Waals surface area (Å²) in [5.74, 6) is 0. The van der Waals surface area contributed by atoms with Crippen molar-refractivity contribution in [1.29, 1.82) is 0 Å². The molecule has 1 atom stereocenters. The van der Waals surface area contributed by atoms with E-state index < -0.39 is 0 Å². The smallest absolute Gasteiger partial charge is 0.0891 e. The van der Waals surface area contributed by atoms with Gasteiger partial charge in [-0.1, -0.05) is 35.3 Å². The van der Waals surface area contributed by atoms with E-state index in [0.717, 1.165) is 11.3 Å². The van der Waals surface area contributed by atoms with Gasteiger partial charge in [0.15, 0.2) is 0 Å². The summed E-state index contributed by atoms with van der Waals surface area (Å²) in [4.78, 5) is 0. The predicted octanol–water partition coefficient (Wildman–Crippen LogP) is 3.05. The van der Waals surface area contributed by atoms with Crippen LogP contribution in [0.1, 0.15) is 17.3 Å². The molecule has 0 radical (unpaired) electrons. The molecule has 0 saturated heterocycles. The van der Waals surface area contributed by atoms with Gasteiger partial charge in [-0.3, -0.25) is 4.68 Å². The maximum atomic E-state index is 6.00. The van der Waals surface area contributed by atoms with Crippen LogP contribution in [-0.2, 0) is 0 Å². The van der Waals surface area contributed by atoms with Crippen molar-refractivity contribution in [3.05, 3.63) is 51.8 Å². The minimum Gasteiger partial charge on any atom is -0.328 e. The van der Waals surface area contributed by atoms with Crippen LogP contribution >= 0.6 is 23.2 Å². The number of rotatable bonds is 3. The van der Waals surface area contributed by atoms with E-state index in [9.17, 15) is 0 Å². The van der Waals surface area contributed by atoms with Crippen molar-refractivity contribution < 1.29 is 0 Å². The summed E-state index contributed by atoms with van der Waals surface area (Å²) in [6, 6.07) is 7.57. The van der Waals surface area contributed by atoms with E-state index in [0.29, 0.717) is 16.6 Å². The van der Waals surface area contributed by atoms with E-state index in [1.54, 1.807) is 10.9 Å². The lowest BCUT2D eigenvalue weighted by Crippen LogP contribution is -2.20. The quantitative estimate of drug-likeness (QED) is 0.931. The second-order valence-electron chi connectivity index (χ2n) is 3.85. The molecule has 90 valence electrons. The van der Waals surface area contributed by atoms with Crippen molar-refractivity contribution in [2.75, 3.05) is 6.54 Å². The zero-order valence-corrected chi connectivity index (χ0v) is 10.9. The SMILES string of the molecule is Cc1nn(C(CN)c2ccc(Cl)cc2)cc1Cl. The number of benzene rings is 1. The lowest BCUT2D eigenvalue weighted by atomic mass is 10.1. The van der Waals surface area contributed by atoms with Gasteiger partial charge in [-0.25, -0.2) is 0 Å². The molecule has 1 aromatic carbocycles. The van der Waals surface area contributed by atoms with Crippen molar-refractivity contribution in [1.82, 2.24) is 9.78 Å². The van der Waals surface area contributed by atoms with Gasteiger partial charge < -0.3 is 5.73 Å². The van der Waals surface area contributed by atoms with Crippen LogP contribution in [0.3, 0.4) is 0 Å². The highest BCUT2D eigenvalue weighted by atomic mass is 35.5. The third-order valence-electron chi connectivity index (χ3n) is 2.65. The fourth-order valence-corrected chi connectivity index (χ4v) is 1.96. The molecule has 0 bridgehead atoms. The van der Waals surface area contributed by atoms with Gasteiger partial charge in [0, 0.05) is 17.8 Å². The molecule has 2 N–H and O–H groups in total. The molecular weight excluding hydrogens is 257 g/mol. The fraction of sp³-hybridized carbons (Fsp3) is 0.250. The van der Waals surface area contributed by atoms with Gasteiger partial charge in [0.25, 0.3) is 0 Å². The van der Waals surface area contributed by atoms with Crippen LogP contribution in [0.15, 0.2) is 30.5 Å². The third-order valence-corrected chi connectivity index (χ3v) is 3.28. The molecule has 17 heavy (non-hydrogen) atoms. The van der Waals surface area contributed by atoms with E-state index in [4.69, 9.17) is 28.9 Å². The maximum absolute atomic E-state index is 6.00. The molecule has 2 aromatic rings. The molecule has 3 nitrogen and oxygen atoms in total. The van der Waals surface area contributed by atoms with Crippen LogP contribution in [-0.4, -0.2) is 16.3 Å². The van der Waals surface area contributed by atoms with Gasteiger partial charge in [0.1, 0.15) is 0 Å². The number of nitrogens with two attached hydrogens (primary N) is 1. The van der Waals surface area contributed by atoms with E-state index in [2.05, 4.69) is 5.10 Å². The normalized spacial score (nSPS) is 12.7. The van der Waals surface area contributed by atoms with Crippen molar-refractivity contribution in [3.63, 3.8) is 0 Å². The average molecular weight is 270 g/mol. The molecule has 1 unspecified atom stereocenters. The Balaban J connectivity index is 2.36. The van der Waals surface area contributed by atoms with Crippen LogP contribution in [0.4, 0.5) is 0 Å². The molecule has 1 aromatic heterocycles. The first-order valence-corrected chi connectivity index (χ1v) is 6.04. The molecule has 2 rings (SSSR count). The molecular formula is C12H13Cl2N3. The summed E-state index contributed by atoms with van der Waals surface area (Å²) >= 11 is 11.9. The molecule has 5 heteroatoms. The minimum absolute atomic E-state index is 0.0153. The molecule has 0 aliphatic carbocycles. The Labute approximate surface area is 110 Å². The Kier molecular flexibility index (Phi) is 3.72. The molecule has 0 spiro atoms. The lowest BCUT2D eigenvalue weighted by molar-refractivity contribution is 0.529. The number of nitrogens with zero attached hydrogens (tertiary/aromatic N) is 2. The standard InChI is InChI=1S/C12H13Cl2N3/c1-8-11(14)7-17(16-8)12(6-15)9-2-4-10(13)5-3-9/h2-5,7,12H,6,15H2,1H3. The van der Waals surface area contributed by atoms with Gasteiger partial charge in [-0.05, 0) is 24.6 Å². The van der Waals surface area contributed by atoms with Crippen LogP contribution in [0.25, 0.3) is 0 Å². The zero-order chi connectivity index (χ0) is 12.4. The molecule has 0 aliphatic rings. The average Bonchev–Trinajstić information content (AvgIpc) is 2.63. The van der Waals surface area contributed by atoms with Crippen molar-refractivity contribution in [3.8, 4) is 0 Å². The first-order valence-electron chi connectivity index (χ1n) is 5.28. The first kappa shape index (κ1) is 12.4. The topological polar surface area (TPSA) is 43.8 Å².